The van der Waals surface area contributed by atoms with Crippen LogP contribution in [-0.2, 0) is 6.54 Å². The number of furan rings is 1. The summed E-state index contributed by atoms with van der Waals surface area (Å²) in [5.74, 6) is 0.543. The third-order valence-corrected chi connectivity index (χ3v) is 3.81. The Morgan fingerprint density at radius 1 is 1.29 bits per heavy atom. The Balaban J connectivity index is 1.96. The Hall–Kier alpha value is -1.85. The quantitative estimate of drug-likeness (QED) is 0.643. The first-order valence-electron chi connectivity index (χ1n) is 6.19. The summed E-state index contributed by atoms with van der Waals surface area (Å²) in [6.45, 7) is 0.488. The lowest BCUT2D eigenvalue weighted by molar-refractivity contribution is 0.112. The van der Waals surface area contributed by atoms with Gasteiger partial charge in [-0.2, -0.15) is 5.10 Å². The lowest BCUT2D eigenvalue weighted by Gasteiger charge is -2.03. The molecule has 0 aliphatic rings. The van der Waals surface area contributed by atoms with Gasteiger partial charge in [-0.3, -0.25) is 9.48 Å². The van der Waals surface area contributed by atoms with Crippen LogP contribution in [0.15, 0.2) is 51.7 Å². The molecule has 21 heavy (non-hydrogen) atoms. The molecule has 4 nitrogen and oxygen atoms in total. The fourth-order valence-corrected chi connectivity index (χ4v) is 2.54. The smallest absolute Gasteiger partial charge is 0.169 e. The van der Waals surface area contributed by atoms with Gasteiger partial charge in [0.25, 0.3) is 0 Å². The average Bonchev–Trinajstić information content (AvgIpc) is 3.07. The van der Waals surface area contributed by atoms with E-state index >= 15 is 0 Å². The number of hydrogen-bond donors (Lipinski definition) is 0. The highest BCUT2D eigenvalue weighted by atomic mass is 79.9. The van der Waals surface area contributed by atoms with E-state index in [0.29, 0.717) is 33.3 Å². The molecule has 0 radical (unpaired) electrons. The van der Waals surface area contributed by atoms with E-state index in [1.807, 2.05) is 24.3 Å². The molecule has 0 aliphatic heterocycles. The minimum absolute atomic E-state index is 0.476. The van der Waals surface area contributed by atoms with Crippen LogP contribution in [0.5, 0.6) is 0 Å². The molecule has 0 N–H and O–H groups in total. The van der Waals surface area contributed by atoms with Gasteiger partial charge in [0, 0.05) is 11.2 Å². The van der Waals surface area contributed by atoms with E-state index < -0.39 is 0 Å². The molecule has 0 bridgehead atoms. The maximum atomic E-state index is 11.2. The predicted molar refractivity (Wildman–Crippen MR) is 83.6 cm³/mol. The van der Waals surface area contributed by atoms with Gasteiger partial charge in [-0.1, -0.05) is 29.8 Å². The van der Waals surface area contributed by atoms with Crippen molar-refractivity contribution in [3.8, 4) is 11.5 Å². The number of aromatic nitrogens is 2. The Labute approximate surface area is 134 Å². The van der Waals surface area contributed by atoms with Crippen LogP contribution in [0.2, 0.25) is 5.02 Å². The van der Waals surface area contributed by atoms with Gasteiger partial charge in [-0.05, 0) is 39.7 Å². The van der Waals surface area contributed by atoms with Crippen LogP contribution >= 0.6 is 27.5 Å². The summed E-state index contributed by atoms with van der Waals surface area (Å²) >= 11 is 9.38. The zero-order valence-electron chi connectivity index (χ0n) is 10.8. The first kappa shape index (κ1) is 14.1. The van der Waals surface area contributed by atoms with E-state index in [0.717, 1.165) is 11.8 Å². The molecule has 6 heteroatoms. The normalized spacial score (nSPS) is 10.8. The molecule has 0 atom stereocenters. The first-order valence-corrected chi connectivity index (χ1v) is 7.36. The molecule has 0 aliphatic carbocycles. The van der Waals surface area contributed by atoms with E-state index in [1.54, 1.807) is 23.0 Å². The molecule has 106 valence electrons. The van der Waals surface area contributed by atoms with Crippen LogP contribution in [0.25, 0.3) is 11.5 Å². The number of carbonyl (C=O) groups is 1. The van der Waals surface area contributed by atoms with Crippen LogP contribution in [-0.4, -0.2) is 16.1 Å². The zero-order valence-corrected chi connectivity index (χ0v) is 13.1. The Bertz CT molecular complexity index is 795. The molecule has 0 fully saturated rings. The van der Waals surface area contributed by atoms with Gasteiger partial charge in [-0.25, -0.2) is 0 Å². The zero-order chi connectivity index (χ0) is 14.8. The number of rotatable bonds is 4. The van der Waals surface area contributed by atoms with Crippen molar-refractivity contribution >= 4 is 33.8 Å². The summed E-state index contributed by atoms with van der Waals surface area (Å²) in [6, 6.07) is 11.1. The average molecular weight is 366 g/mol. The van der Waals surface area contributed by atoms with Crippen molar-refractivity contribution < 1.29 is 9.21 Å². The summed E-state index contributed by atoms with van der Waals surface area (Å²) in [7, 11) is 0. The van der Waals surface area contributed by atoms with E-state index in [2.05, 4.69) is 21.0 Å². The van der Waals surface area contributed by atoms with Crippen molar-refractivity contribution in [3.63, 3.8) is 0 Å². The van der Waals surface area contributed by atoms with Crippen molar-refractivity contribution in [2.75, 3.05) is 0 Å². The van der Waals surface area contributed by atoms with E-state index in [-0.39, 0.29) is 0 Å². The van der Waals surface area contributed by atoms with Gasteiger partial charge >= 0.3 is 0 Å². The molecule has 0 saturated carbocycles. The first-order chi connectivity index (χ1) is 10.2. The summed E-state index contributed by atoms with van der Waals surface area (Å²) in [5, 5.41) is 5.08. The second-order valence-electron chi connectivity index (χ2n) is 4.44. The topological polar surface area (TPSA) is 48.0 Å². The molecule has 2 aromatic heterocycles. The van der Waals surface area contributed by atoms with Crippen LogP contribution in [0.3, 0.4) is 0 Å². The third kappa shape index (κ3) is 2.94. The van der Waals surface area contributed by atoms with Crippen LogP contribution in [0.4, 0.5) is 0 Å². The lowest BCUT2D eigenvalue weighted by Crippen LogP contribution is -2.00. The van der Waals surface area contributed by atoms with Gasteiger partial charge in [0.2, 0.25) is 0 Å². The number of nitrogens with zero attached hydrogens (tertiary/aromatic N) is 2. The minimum atomic E-state index is 0.476. The molecule has 2 heterocycles. The summed E-state index contributed by atoms with van der Waals surface area (Å²) in [4.78, 5) is 11.2. The highest BCUT2D eigenvalue weighted by Gasteiger charge is 2.14. The molecule has 0 unspecified atom stereocenters. The number of benzene rings is 1. The number of carbonyl (C=O) groups excluding carboxylic acids is 1. The molecular weight excluding hydrogens is 356 g/mol. The van der Waals surface area contributed by atoms with Crippen LogP contribution in [0, 0.1) is 0 Å². The molecule has 0 saturated heterocycles. The molecular formula is C15H10BrClN2O2. The van der Waals surface area contributed by atoms with Crippen molar-refractivity contribution in [1.82, 2.24) is 9.78 Å². The Morgan fingerprint density at radius 3 is 2.76 bits per heavy atom. The molecule has 3 rings (SSSR count). The second kappa shape index (κ2) is 5.87. The Morgan fingerprint density at radius 2 is 2.10 bits per heavy atom. The molecule has 3 aromatic rings. The summed E-state index contributed by atoms with van der Waals surface area (Å²) in [5.41, 5.74) is 1.93. The van der Waals surface area contributed by atoms with Crippen LogP contribution < -0.4 is 0 Å². The largest absolute Gasteiger partial charge is 0.448 e. The van der Waals surface area contributed by atoms with Crippen molar-refractivity contribution in [1.29, 1.82) is 0 Å². The molecule has 1 aromatic carbocycles. The van der Waals surface area contributed by atoms with Crippen molar-refractivity contribution in [2.45, 2.75) is 6.54 Å². The predicted octanol–water partition coefficient (Wildman–Crippen LogP) is 4.42. The number of aldehydes is 1. The van der Waals surface area contributed by atoms with E-state index in [1.165, 1.54) is 0 Å². The minimum Gasteiger partial charge on any atom is -0.448 e. The fourth-order valence-electron chi connectivity index (χ4n) is 2.04. The number of halogens is 2. The molecule has 0 spiro atoms. The summed E-state index contributed by atoms with van der Waals surface area (Å²) in [6.07, 6.45) is 2.45. The third-order valence-electron chi connectivity index (χ3n) is 3.01. The molecule has 0 amide bonds. The van der Waals surface area contributed by atoms with Gasteiger partial charge in [0.05, 0.1) is 12.1 Å². The maximum Gasteiger partial charge on any atom is 0.169 e. The van der Waals surface area contributed by atoms with Crippen molar-refractivity contribution in [2.24, 2.45) is 0 Å². The standard InChI is InChI=1S/C15H10BrClN2O2/c16-14-6-5-13(21-14)15-11(9-20)8-19(18-15)7-10-3-1-2-4-12(10)17/h1-6,8-9H,7H2. The van der Waals surface area contributed by atoms with Crippen molar-refractivity contribution in [3.05, 3.63) is 63.4 Å². The SMILES string of the molecule is O=Cc1cn(Cc2ccccc2Cl)nc1-c1ccc(Br)o1. The van der Waals surface area contributed by atoms with Gasteiger partial charge in [-0.15, -0.1) is 0 Å². The highest BCUT2D eigenvalue weighted by Crippen LogP contribution is 2.26. The highest BCUT2D eigenvalue weighted by molar-refractivity contribution is 9.10. The summed E-state index contributed by atoms with van der Waals surface area (Å²) < 4.78 is 7.73. The second-order valence-corrected chi connectivity index (χ2v) is 5.63. The van der Waals surface area contributed by atoms with Gasteiger partial charge < -0.3 is 4.42 Å². The van der Waals surface area contributed by atoms with Gasteiger partial charge in [0.1, 0.15) is 5.69 Å². The lowest BCUT2D eigenvalue weighted by atomic mass is 10.2. The maximum absolute atomic E-state index is 11.2. The van der Waals surface area contributed by atoms with Gasteiger partial charge in [0.15, 0.2) is 16.7 Å². The monoisotopic (exact) mass is 364 g/mol. The van der Waals surface area contributed by atoms with E-state index in [9.17, 15) is 4.79 Å². The van der Waals surface area contributed by atoms with Crippen LogP contribution in [0.1, 0.15) is 15.9 Å². The number of hydrogen-bond acceptors (Lipinski definition) is 3. The van der Waals surface area contributed by atoms with E-state index in [4.69, 9.17) is 16.0 Å². The Kier molecular flexibility index (Phi) is 3.94. The fraction of sp³-hybridized carbons (Fsp3) is 0.0667.